The summed E-state index contributed by atoms with van der Waals surface area (Å²) in [4.78, 5) is 29.3. The minimum absolute atomic E-state index is 0.134. The maximum absolute atomic E-state index is 12.5. The number of ether oxygens (including phenoxy) is 1. The van der Waals surface area contributed by atoms with E-state index in [1.54, 1.807) is 13.0 Å². The molecule has 0 bridgehead atoms. The van der Waals surface area contributed by atoms with Gasteiger partial charge in [0, 0.05) is 11.6 Å². The van der Waals surface area contributed by atoms with E-state index in [0.717, 1.165) is 22.5 Å². The average Bonchev–Trinajstić information content (AvgIpc) is 3.29. The summed E-state index contributed by atoms with van der Waals surface area (Å²) in [5.41, 5.74) is 3.79. The monoisotopic (exact) mass is 413 g/mol. The van der Waals surface area contributed by atoms with Crippen molar-refractivity contribution in [3.8, 4) is 11.3 Å². The lowest BCUT2D eigenvalue weighted by atomic mass is 10.0. The Balaban J connectivity index is 1.71. The summed E-state index contributed by atoms with van der Waals surface area (Å²) in [6.45, 7) is 9.99. The van der Waals surface area contributed by atoms with Crippen molar-refractivity contribution in [2.24, 2.45) is 5.92 Å². The molecule has 3 aromatic rings. The minimum Gasteiger partial charge on any atom is -0.461 e. The molecule has 8 heteroatoms. The van der Waals surface area contributed by atoms with E-state index in [4.69, 9.17) is 9.26 Å². The van der Waals surface area contributed by atoms with Gasteiger partial charge < -0.3 is 9.26 Å². The molecule has 1 N–H and O–H groups in total. The lowest BCUT2D eigenvalue weighted by Gasteiger charge is -2.05. The van der Waals surface area contributed by atoms with Gasteiger partial charge >= 0.3 is 5.97 Å². The van der Waals surface area contributed by atoms with Crippen LogP contribution in [0.3, 0.4) is 0 Å². The minimum atomic E-state index is -0.459. The third kappa shape index (κ3) is 4.89. The molecule has 0 saturated heterocycles. The maximum atomic E-state index is 12.5. The lowest BCUT2D eigenvalue weighted by molar-refractivity contribution is 0.0463. The third-order valence-corrected chi connectivity index (χ3v) is 5.34. The van der Waals surface area contributed by atoms with Crippen molar-refractivity contribution >= 4 is 28.3 Å². The van der Waals surface area contributed by atoms with Crippen LogP contribution in [0.15, 0.2) is 28.8 Å². The molecule has 0 radical (unpaired) electrons. The van der Waals surface area contributed by atoms with Crippen LogP contribution in [0.4, 0.5) is 5.13 Å². The van der Waals surface area contributed by atoms with Gasteiger partial charge in [-0.2, -0.15) is 0 Å². The first kappa shape index (κ1) is 20.7. The number of aromatic nitrogens is 2. The SMILES string of the molecule is Cc1ccc(-c2cc(C(=O)Nc3nc(C)c(C(=O)OCC(C)C)s3)no2)cc1C. The molecule has 29 heavy (non-hydrogen) atoms. The Morgan fingerprint density at radius 3 is 2.62 bits per heavy atom. The topological polar surface area (TPSA) is 94.3 Å². The smallest absolute Gasteiger partial charge is 0.350 e. The molecule has 152 valence electrons. The number of carbonyl (C=O) groups excluding carboxylic acids is 2. The predicted octanol–water partition coefficient (Wildman–Crippen LogP) is 4.79. The summed E-state index contributed by atoms with van der Waals surface area (Å²) in [6.07, 6.45) is 0. The van der Waals surface area contributed by atoms with E-state index in [1.807, 2.05) is 45.9 Å². The van der Waals surface area contributed by atoms with E-state index in [9.17, 15) is 9.59 Å². The fourth-order valence-corrected chi connectivity index (χ4v) is 3.38. The summed E-state index contributed by atoms with van der Waals surface area (Å²) >= 11 is 1.07. The molecule has 7 nitrogen and oxygen atoms in total. The second-order valence-corrected chi connectivity index (χ2v) is 8.25. The van der Waals surface area contributed by atoms with Crippen molar-refractivity contribution in [1.82, 2.24) is 10.1 Å². The number of rotatable bonds is 6. The molecule has 0 aliphatic heterocycles. The standard InChI is InChI=1S/C21H23N3O4S/c1-11(2)10-27-20(26)18-14(5)22-21(29-18)23-19(25)16-9-17(28-24-16)15-7-6-12(3)13(4)8-15/h6-9,11H,10H2,1-5H3,(H,22,23,25). The van der Waals surface area contributed by atoms with Gasteiger partial charge in [0.15, 0.2) is 16.6 Å². The fourth-order valence-electron chi connectivity index (χ4n) is 2.52. The Morgan fingerprint density at radius 2 is 1.93 bits per heavy atom. The van der Waals surface area contributed by atoms with E-state index in [2.05, 4.69) is 15.5 Å². The number of hydrogen-bond acceptors (Lipinski definition) is 7. The molecule has 0 saturated carbocycles. The predicted molar refractivity (Wildman–Crippen MR) is 111 cm³/mol. The zero-order valence-electron chi connectivity index (χ0n) is 17.0. The number of nitrogens with zero attached hydrogens (tertiary/aromatic N) is 2. The molecule has 1 amide bonds. The highest BCUT2D eigenvalue weighted by Crippen LogP contribution is 2.26. The van der Waals surface area contributed by atoms with Crippen molar-refractivity contribution in [3.63, 3.8) is 0 Å². The first-order valence-electron chi connectivity index (χ1n) is 9.25. The number of esters is 1. The number of amides is 1. The van der Waals surface area contributed by atoms with Crippen molar-refractivity contribution in [1.29, 1.82) is 0 Å². The van der Waals surface area contributed by atoms with E-state index in [0.29, 0.717) is 28.1 Å². The maximum Gasteiger partial charge on any atom is 0.350 e. The molecule has 1 aromatic carbocycles. The van der Waals surface area contributed by atoms with E-state index >= 15 is 0 Å². The summed E-state index contributed by atoms with van der Waals surface area (Å²) in [6, 6.07) is 7.48. The van der Waals surface area contributed by atoms with Crippen LogP contribution in [0.2, 0.25) is 0 Å². The number of hydrogen-bond donors (Lipinski definition) is 1. The molecular weight excluding hydrogens is 390 g/mol. The number of anilines is 1. The molecule has 0 atom stereocenters. The highest BCUT2D eigenvalue weighted by atomic mass is 32.1. The van der Waals surface area contributed by atoms with Gasteiger partial charge in [-0.3, -0.25) is 10.1 Å². The summed E-state index contributed by atoms with van der Waals surface area (Å²) in [5.74, 6) is -0.149. The van der Waals surface area contributed by atoms with Crippen LogP contribution in [-0.4, -0.2) is 28.6 Å². The highest BCUT2D eigenvalue weighted by molar-refractivity contribution is 7.17. The Morgan fingerprint density at radius 1 is 1.17 bits per heavy atom. The van der Waals surface area contributed by atoms with E-state index < -0.39 is 11.9 Å². The number of carbonyl (C=O) groups is 2. The largest absolute Gasteiger partial charge is 0.461 e. The van der Waals surface area contributed by atoms with Gasteiger partial charge in [-0.1, -0.05) is 42.5 Å². The molecule has 2 heterocycles. The number of aryl methyl sites for hydroxylation is 3. The van der Waals surface area contributed by atoms with Gasteiger partial charge in [-0.05, 0) is 43.9 Å². The van der Waals surface area contributed by atoms with Crippen LogP contribution in [-0.2, 0) is 4.74 Å². The van der Waals surface area contributed by atoms with Crippen molar-refractivity contribution in [2.45, 2.75) is 34.6 Å². The van der Waals surface area contributed by atoms with Crippen LogP contribution < -0.4 is 5.32 Å². The molecule has 0 fully saturated rings. The zero-order valence-corrected chi connectivity index (χ0v) is 17.8. The fraction of sp³-hybridized carbons (Fsp3) is 0.333. The van der Waals surface area contributed by atoms with Crippen LogP contribution in [0, 0.1) is 26.7 Å². The Labute approximate surface area is 173 Å². The van der Waals surface area contributed by atoms with Crippen molar-refractivity contribution < 1.29 is 18.8 Å². The van der Waals surface area contributed by atoms with Gasteiger partial charge in [0.2, 0.25) is 0 Å². The molecular formula is C21H23N3O4S. The summed E-state index contributed by atoms with van der Waals surface area (Å²) in [5, 5.41) is 6.82. The van der Waals surface area contributed by atoms with E-state index in [-0.39, 0.29) is 11.6 Å². The Kier molecular flexibility index (Phi) is 6.12. The molecule has 0 unspecified atom stereocenters. The molecule has 0 aliphatic carbocycles. The van der Waals surface area contributed by atoms with Crippen molar-refractivity contribution in [2.75, 3.05) is 11.9 Å². The van der Waals surface area contributed by atoms with Gasteiger partial charge in [0.1, 0.15) is 4.88 Å². The zero-order chi connectivity index (χ0) is 21.1. The average molecular weight is 413 g/mol. The number of thiazole rings is 1. The van der Waals surface area contributed by atoms with Gasteiger partial charge in [-0.25, -0.2) is 9.78 Å². The number of benzene rings is 1. The molecule has 3 rings (SSSR count). The van der Waals surface area contributed by atoms with Crippen LogP contribution in [0.25, 0.3) is 11.3 Å². The number of nitrogens with one attached hydrogen (secondary N) is 1. The van der Waals surface area contributed by atoms with Gasteiger partial charge in [0.05, 0.1) is 12.3 Å². The second-order valence-electron chi connectivity index (χ2n) is 7.26. The highest BCUT2D eigenvalue weighted by Gasteiger charge is 2.20. The quantitative estimate of drug-likeness (QED) is 0.584. The molecule has 0 aliphatic rings. The van der Waals surface area contributed by atoms with Gasteiger partial charge in [0.25, 0.3) is 5.91 Å². The van der Waals surface area contributed by atoms with E-state index in [1.165, 1.54) is 5.56 Å². The Hall–Kier alpha value is -3.00. The lowest BCUT2D eigenvalue weighted by Crippen LogP contribution is -2.11. The first-order valence-corrected chi connectivity index (χ1v) is 10.1. The van der Waals surface area contributed by atoms with Crippen LogP contribution >= 0.6 is 11.3 Å². The van der Waals surface area contributed by atoms with Crippen molar-refractivity contribution in [3.05, 3.63) is 51.7 Å². The Bertz CT molecular complexity index is 1050. The summed E-state index contributed by atoms with van der Waals surface area (Å²) < 4.78 is 10.6. The van der Waals surface area contributed by atoms with Crippen LogP contribution in [0.5, 0.6) is 0 Å². The molecule has 2 aromatic heterocycles. The normalized spacial score (nSPS) is 11.0. The van der Waals surface area contributed by atoms with Gasteiger partial charge in [-0.15, -0.1) is 0 Å². The second kappa shape index (κ2) is 8.57. The van der Waals surface area contributed by atoms with Crippen LogP contribution in [0.1, 0.15) is 50.8 Å². The first-order chi connectivity index (χ1) is 13.7. The molecule has 0 spiro atoms. The third-order valence-electron chi connectivity index (χ3n) is 4.28. The summed E-state index contributed by atoms with van der Waals surface area (Å²) in [7, 11) is 0.